The van der Waals surface area contributed by atoms with Gasteiger partial charge in [-0.1, -0.05) is 13.8 Å². The lowest BCUT2D eigenvalue weighted by Gasteiger charge is -2.10. The fourth-order valence-electron chi connectivity index (χ4n) is 2.03. The molecule has 2 N–H and O–H groups in total. The van der Waals surface area contributed by atoms with Crippen LogP contribution in [0.2, 0.25) is 0 Å². The van der Waals surface area contributed by atoms with Crippen molar-refractivity contribution in [3.63, 3.8) is 0 Å². The molecule has 0 atom stereocenters. The molecule has 0 fully saturated rings. The molecule has 0 saturated heterocycles. The number of aryl methyl sites for hydroxylation is 1. The van der Waals surface area contributed by atoms with Crippen molar-refractivity contribution in [2.45, 2.75) is 27.2 Å². The van der Waals surface area contributed by atoms with Gasteiger partial charge in [0.25, 0.3) is 0 Å². The smallest absolute Gasteiger partial charge is 0.220 e. The van der Waals surface area contributed by atoms with Gasteiger partial charge in [-0.05, 0) is 12.8 Å². The number of nitrogens with zero attached hydrogens (tertiary/aromatic N) is 4. The van der Waals surface area contributed by atoms with Crippen LogP contribution >= 0.6 is 0 Å². The van der Waals surface area contributed by atoms with Crippen molar-refractivity contribution < 1.29 is 4.79 Å². The Labute approximate surface area is 130 Å². The van der Waals surface area contributed by atoms with E-state index in [1.54, 1.807) is 6.20 Å². The zero-order chi connectivity index (χ0) is 15.9. The number of rotatable bonds is 7. The summed E-state index contributed by atoms with van der Waals surface area (Å²) in [5, 5.41) is 6.05. The zero-order valence-electron chi connectivity index (χ0n) is 13.2. The summed E-state index contributed by atoms with van der Waals surface area (Å²) in [6, 6.07) is 1.85. The summed E-state index contributed by atoms with van der Waals surface area (Å²) in [4.78, 5) is 24.1. The van der Waals surface area contributed by atoms with E-state index in [0.29, 0.717) is 25.4 Å². The number of carbonyl (C=O) groups is 1. The van der Waals surface area contributed by atoms with Gasteiger partial charge in [0.1, 0.15) is 23.8 Å². The summed E-state index contributed by atoms with van der Waals surface area (Å²) >= 11 is 0. The molecule has 0 bridgehead atoms. The molecule has 2 rings (SSSR count). The second kappa shape index (κ2) is 7.53. The van der Waals surface area contributed by atoms with Gasteiger partial charge >= 0.3 is 0 Å². The topological polar surface area (TPSA) is 84.7 Å². The first-order chi connectivity index (χ1) is 10.6. The summed E-state index contributed by atoms with van der Waals surface area (Å²) in [6.07, 6.45) is 5.65. The van der Waals surface area contributed by atoms with E-state index in [-0.39, 0.29) is 5.91 Å². The predicted octanol–water partition coefficient (Wildman–Crippen LogP) is 1.54. The Hall–Kier alpha value is -2.44. The van der Waals surface area contributed by atoms with E-state index in [4.69, 9.17) is 0 Å². The maximum Gasteiger partial charge on any atom is 0.220 e. The largest absolute Gasteiger partial charge is 0.368 e. The van der Waals surface area contributed by atoms with E-state index >= 15 is 0 Å². The Morgan fingerprint density at radius 3 is 2.77 bits per heavy atom. The quantitative estimate of drug-likeness (QED) is 0.758. The Balaban J connectivity index is 1.84. The van der Waals surface area contributed by atoms with E-state index in [9.17, 15) is 4.79 Å². The molecular weight excluding hydrogens is 280 g/mol. The lowest BCUT2D eigenvalue weighted by molar-refractivity contribution is -0.121. The van der Waals surface area contributed by atoms with Crippen LogP contribution < -0.4 is 10.6 Å². The highest BCUT2D eigenvalue weighted by Crippen LogP contribution is 2.10. The molecule has 0 aliphatic rings. The van der Waals surface area contributed by atoms with Gasteiger partial charge in [-0.3, -0.25) is 9.36 Å². The first kappa shape index (κ1) is 15.9. The molecule has 0 aromatic carbocycles. The molecule has 7 nitrogen and oxygen atoms in total. The second-order valence-corrected chi connectivity index (χ2v) is 5.48. The van der Waals surface area contributed by atoms with Crippen molar-refractivity contribution in [3.05, 3.63) is 30.6 Å². The average Bonchev–Trinajstić information content (AvgIpc) is 2.89. The second-order valence-electron chi connectivity index (χ2n) is 5.48. The van der Waals surface area contributed by atoms with Gasteiger partial charge in [0.2, 0.25) is 5.91 Å². The SMILES string of the molecule is Cc1nccn1-c1cc(NCCNC(=O)CC(C)C)ncn1. The number of hydrogen-bond acceptors (Lipinski definition) is 5. The Bertz CT molecular complexity index is 622. The van der Waals surface area contributed by atoms with Crippen LogP contribution in [0.15, 0.2) is 24.8 Å². The van der Waals surface area contributed by atoms with Crippen LogP contribution in [0.5, 0.6) is 0 Å². The van der Waals surface area contributed by atoms with Gasteiger partial charge < -0.3 is 10.6 Å². The minimum absolute atomic E-state index is 0.0780. The molecular formula is C15H22N6O. The fourth-order valence-corrected chi connectivity index (χ4v) is 2.03. The highest BCUT2D eigenvalue weighted by atomic mass is 16.1. The Morgan fingerprint density at radius 2 is 2.09 bits per heavy atom. The highest BCUT2D eigenvalue weighted by molar-refractivity contribution is 5.76. The van der Waals surface area contributed by atoms with E-state index in [1.807, 2.05) is 37.6 Å². The number of aromatic nitrogens is 4. The molecule has 0 aliphatic heterocycles. The third-order valence-corrected chi connectivity index (χ3v) is 3.07. The average molecular weight is 302 g/mol. The van der Waals surface area contributed by atoms with Crippen molar-refractivity contribution >= 4 is 11.7 Å². The van der Waals surface area contributed by atoms with Gasteiger partial charge in [0.05, 0.1) is 0 Å². The number of amides is 1. The molecule has 2 aromatic rings. The molecule has 0 spiro atoms. The number of imidazole rings is 1. The van der Waals surface area contributed by atoms with E-state index < -0.39 is 0 Å². The van der Waals surface area contributed by atoms with Crippen LogP contribution in [0.4, 0.5) is 5.82 Å². The van der Waals surface area contributed by atoms with E-state index in [1.165, 1.54) is 6.33 Å². The summed E-state index contributed by atoms with van der Waals surface area (Å²) < 4.78 is 1.89. The third kappa shape index (κ3) is 4.54. The number of nitrogens with one attached hydrogen (secondary N) is 2. The van der Waals surface area contributed by atoms with Crippen LogP contribution in [0.3, 0.4) is 0 Å². The molecule has 1 amide bonds. The van der Waals surface area contributed by atoms with Crippen LogP contribution in [0.25, 0.3) is 5.82 Å². The van der Waals surface area contributed by atoms with Crippen molar-refractivity contribution in [3.8, 4) is 5.82 Å². The van der Waals surface area contributed by atoms with Crippen LogP contribution in [0.1, 0.15) is 26.1 Å². The summed E-state index contributed by atoms with van der Waals surface area (Å²) in [7, 11) is 0. The first-order valence-electron chi connectivity index (χ1n) is 7.39. The van der Waals surface area contributed by atoms with Gasteiger partial charge in [-0.15, -0.1) is 0 Å². The van der Waals surface area contributed by atoms with Crippen molar-refractivity contribution in [1.82, 2.24) is 24.8 Å². The molecule has 0 aliphatic carbocycles. The Morgan fingerprint density at radius 1 is 1.27 bits per heavy atom. The zero-order valence-corrected chi connectivity index (χ0v) is 13.2. The summed E-state index contributed by atoms with van der Waals surface area (Å²) in [5.74, 6) is 2.79. The third-order valence-electron chi connectivity index (χ3n) is 3.07. The van der Waals surface area contributed by atoms with E-state index in [0.717, 1.165) is 17.5 Å². The normalized spacial score (nSPS) is 10.7. The maximum atomic E-state index is 11.5. The molecule has 0 saturated carbocycles. The molecule has 7 heteroatoms. The van der Waals surface area contributed by atoms with Gasteiger partial charge in [-0.25, -0.2) is 15.0 Å². The first-order valence-corrected chi connectivity index (χ1v) is 7.39. The van der Waals surface area contributed by atoms with Crippen molar-refractivity contribution in [1.29, 1.82) is 0 Å². The van der Waals surface area contributed by atoms with Crippen molar-refractivity contribution in [2.75, 3.05) is 18.4 Å². The van der Waals surface area contributed by atoms with Crippen LogP contribution in [-0.4, -0.2) is 38.5 Å². The summed E-state index contributed by atoms with van der Waals surface area (Å²) in [6.45, 7) is 7.15. The van der Waals surface area contributed by atoms with Crippen LogP contribution in [0, 0.1) is 12.8 Å². The van der Waals surface area contributed by atoms with E-state index in [2.05, 4.69) is 25.6 Å². The van der Waals surface area contributed by atoms with Gasteiger partial charge in [-0.2, -0.15) is 0 Å². The Kier molecular flexibility index (Phi) is 5.46. The fraction of sp³-hybridized carbons (Fsp3) is 0.467. The molecule has 2 heterocycles. The van der Waals surface area contributed by atoms with Gasteiger partial charge in [0, 0.05) is 38.0 Å². The molecule has 0 unspecified atom stereocenters. The van der Waals surface area contributed by atoms with Gasteiger partial charge in [0.15, 0.2) is 0 Å². The number of hydrogen-bond donors (Lipinski definition) is 2. The highest BCUT2D eigenvalue weighted by Gasteiger charge is 2.05. The molecule has 0 radical (unpaired) electrons. The molecule has 118 valence electrons. The monoisotopic (exact) mass is 302 g/mol. The number of carbonyl (C=O) groups excluding carboxylic acids is 1. The minimum Gasteiger partial charge on any atom is -0.368 e. The standard InChI is InChI=1S/C15H22N6O/c1-11(2)8-15(22)18-5-4-17-13-9-14(20-10-19-13)21-7-6-16-12(21)3/h6-7,9-11H,4-5,8H2,1-3H3,(H,18,22)(H,17,19,20). The lowest BCUT2D eigenvalue weighted by Crippen LogP contribution is -2.29. The predicted molar refractivity (Wildman–Crippen MR) is 84.8 cm³/mol. The molecule has 2 aromatic heterocycles. The molecule has 22 heavy (non-hydrogen) atoms. The van der Waals surface area contributed by atoms with Crippen molar-refractivity contribution in [2.24, 2.45) is 5.92 Å². The van der Waals surface area contributed by atoms with Crippen LogP contribution in [-0.2, 0) is 4.79 Å². The number of anilines is 1. The maximum absolute atomic E-state index is 11.5. The minimum atomic E-state index is 0.0780. The summed E-state index contributed by atoms with van der Waals surface area (Å²) in [5.41, 5.74) is 0. The lowest BCUT2D eigenvalue weighted by atomic mass is 10.1.